The quantitative estimate of drug-likeness (QED) is 0.312. The van der Waals surface area contributed by atoms with Gasteiger partial charge in [-0.15, -0.1) is 4.73 Å². The van der Waals surface area contributed by atoms with E-state index in [1.54, 1.807) is 0 Å². The molecule has 0 N–H and O–H groups in total. The predicted molar refractivity (Wildman–Crippen MR) is 46.8 cm³/mol. The number of nitrogens with zero attached hydrogens (tertiary/aromatic N) is 1. The van der Waals surface area contributed by atoms with E-state index >= 15 is 0 Å². The fourth-order valence-corrected chi connectivity index (χ4v) is 1.21. The van der Waals surface area contributed by atoms with Crippen molar-refractivity contribution in [3.63, 3.8) is 0 Å². The van der Waals surface area contributed by atoms with Crippen molar-refractivity contribution >= 4 is 29.2 Å². The van der Waals surface area contributed by atoms with Crippen molar-refractivity contribution in [1.82, 2.24) is 0 Å². The number of methoxy groups -OCH3 is 1. The molecule has 6 heteroatoms. The molecule has 1 heterocycles. The summed E-state index contributed by atoms with van der Waals surface area (Å²) in [6.45, 7) is 0. The average Bonchev–Trinajstić information content (AvgIpc) is 2.12. The SMILES string of the molecule is COC(=O)c1cc(Cl)[n+]([O-])c(Cl)c1. The molecule has 0 aliphatic heterocycles. The minimum absolute atomic E-state index is 0.143. The molecule has 0 atom stereocenters. The first kappa shape index (κ1) is 10.1. The lowest BCUT2D eigenvalue weighted by Crippen LogP contribution is -2.29. The molecule has 0 radical (unpaired) electrons. The molecule has 13 heavy (non-hydrogen) atoms. The highest BCUT2D eigenvalue weighted by molar-refractivity contribution is 6.31. The van der Waals surface area contributed by atoms with Crippen LogP contribution >= 0.6 is 23.2 Å². The molecule has 0 unspecified atom stereocenters. The Balaban J connectivity index is 3.20. The van der Waals surface area contributed by atoms with Crippen molar-refractivity contribution in [2.75, 3.05) is 7.11 Å². The number of esters is 1. The van der Waals surface area contributed by atoms with Gasteiger partial charge in [-0.2, -0.15) is 0 Å². The van der Waals surface area contributed by atoms with Crippen LogP contribution in [0.2, 0.25) is 10.3 Å². The molecule has 0 saturated heterocycles. The summed E-state index contributed by atoms with van der Waals surface area (Å²) in [6.07, 6.45) is 0. The van der Waals surface area contributed by atoms with Crippen molar-refractivity contribution in [2.45, 2.75) is 0 Å². The van der Waals surface area contributed by atoms with Gasteiger partial charge in [-0.1, -0.05) is 0 Å². The monoisotopic (exact) mass is 221 g/mol. The van der Waals surface area contributed by atoms with Gasteiger partial charge in [-0.05, 0) is 23.2 Å². The Morgan fingerprint density at radius 3 is 2.31 bits per heavy atom. The Kier molecular flexibility index (Phi) is 2.95. The zero-order valence-corrected chi connectivity index (χ0v) is 8.09. The van der Waals surface area contributed by atoms with Crippen molar-refractivity contribution in [1.29, 1.82) is 0 Å². The first-order valence-electron chi connectivity index (χ1n) is 3.23. The maximum absolute atomic E-state index is 11.0. The van der Waals surface area contributed by atoms with E-state index in [9.17, 15) is 10.0 Å². The van der Waals surface area contributed by atoms with E-state index in [0.717, 1.165) is 0 Å². The van der Waals surface area contributed by atoms with Gasteiger partial charge in [0.05, 0.1) is 12.7 Å². The van der Waals surface area contributed by atoms with Gasteiger partial charge in [-0.25, -0.2) is 4.79 Å². The molecule has 0 saturated carbocycles. The third-order valence-corrected chi connectivity index (χ3v) is 1.88. The van der Waals surface area contributed by atoms with Gasteiger partial charge in [0.25, 0.3) is 10.3 Å². The topological polar surface area (TPSA) is 53.2 Å². The van der Waals surface area contributed by atoms with Crippen LogP contribution in [0.3, 0.4) is 0 Å². The van der Waals surface area contributed by atoms with Crippen molar-refractivity contribution in [2.24, 2.45) is 0 Å². The number of aromatic nitrogens is 1. The highest BCUT2D eigenvalue weighted by atomic mass is 35.5. The van der Waals surface area contributed by atoms with Gasteiger partial charge < -0.3 is 9.94 Å². The lowest BCUT2D eigenvalue weighted by Gasteiger charge is -2.02. The molecule has 0 aromatic carbocycles. The van der Waals surface area contributed by atoms with Gasteiger partial charge in [0.1, 0.15) is 0 Å². The molecular formula is C7H5Cl2NO3. The standard InChI is InChI=1S/C7H5Cl2NO3/c1-13-7(11)4-2-5(8)10(12)6(9)3-4/h2-3H,1H3. The molecule has 0 fully saturated rings. The van der Waals surface area contributed by atoms with Crippen molar-refractivity contribution in [3.8, 4) is 0 Å². The molecule has 0 spiro atoms. The predicted octanol–water partition coefficient (Wildman–Crippen LogP) is 1.41. The van der Waals surface area contributed by atoms with Crippen molar-refractivity contribution < 1.29 is 14.3 Å². The second kappa shape index (κ2) is 3.81. The summed E-state index contributed by atoms with van der Waals surface area (Å²) >= 11 is 11.0. The van der Waals surface area contributed by atoms with E-state index in [4.69, 9.17) is 23.2 Å². The normalized spacial score (nSPS) is 9.77. The first-order chi connectivity index (χ1) is 6.06. The molecule has 1 rings (SSSR count). The highest BCUT2D eigenvalue weighted by Crippen LogP contribution is 2.12. The number of halogens is 2. The lowest BCUT2D eigenvalue weighted by atomic mass is 10.3. The third-order valence-electron chi connectivity index (χ3n) is 1.36. The molecule has 4 nitrogen and oxygen atoms in total. The van der Waals surface area contributed by atoms with Gasteiger partial charge in [0.15, 0.2) is 0 Å². The van der Waals surface area contributed by atoms with Crippen LogP contribution in [-0.2, 0) is 4.74 Å². The van der Waals surface area contributed by atoms with Gasteiger partial charge >= 0.3 is 5.97 Å². The van der Waals surface area contributed by atoms with E-state index in [2.05, 4.69) is 4.74 Å². The Bertz CT molecular complexity index is 331. The number of rotatable bonds is 1. The second-order valence-electron chi connectivity index (χ2n) is 2.18. The molecular weight excluding hydrogens is 217 g/mol. The zero-order valence-electron chi connectivity index (χ0n) is 6.58. The summed E-state index contributed by atoms with van der Waals surface area (Å²) < 4.78 is 4.72. The fraction of sp³-hybridized carbons (Fsp3) is 0.143. The maximum atomic E-state index is 11.0. The number of ether oxygens (including phenoxy) is 1. The highest BCUT2D eigenvalue weighted by Gasteiger charge is 2.15. The summed E-state index contributed by atoms with van der Waals surface area (Å²) in [5.74, 6) is -0.593. The largest absolute Gasteiger partial charge is 0.617 e. The molecule has 0 bridgehead atoms. The third kappa shape index (κ3) is 2.02. The van der Waals surface area contributed by atoms with E-state index < -0.39 is 5.97 Å². The number of hydrogen-bond donors (Lipinski definition) is 0. The average molecular weight is 222 g/mol. The summed E-state index contributed by atoms with van der Waals surface area (Å²) in [4.78, 5) is 11.0. The van der Waals surface area contributed by atoms with Crippen LogP contribution < -0.4 is 4.73 Å². The fourth-order valence-electron chi connectivity index (χ4n) is 0.753. The summed E-state index contributed by atoms with van der Waals surface area (Å²) in [6, 6.07) is 2.37. The number of carbonyl (C=O) groups excluding carboxylic acids is 1. The van der Waals surface area contributed by atoms with Crippen LogP contribution in [0.15, 0.2) is 12.1 Å². The smallest absolute Gasteiger partial charge is 0.338 e. The Morgan fingerprint density at radius 2 is 1.92 bits per heavy atom. The summed E-state index contributed by atoms with van der Waals surface area (Å²) in [5, 5.41) is 10.6. The van der Waals surface area contributed by atoms with Crippen LogP contribution in [0, 0.1) is 5.21 Å². The zero-order chi connectivity index (χ0) is 10.0. The van der Waals surface area contributed by atoms with E-state index in [0.29, 0.717) is 4.73 Å². The Hall–Kier alpha value is -1.00. The van der Waals surface area contributed by atoms with Crippen molar-refractivity contribution in [3.05, 3.63) is 33.2 Å². The number of carbonyl (C=O) groups is 1. The minimum atomic E-state index is -0.593. The minimum Gasteiger partial charge on any atom is -0.617 e. The van der Waals surface area contributed by atoms with Crippen LogP contribution in [-0.4, -0.2) is 13.1 Å². The molecule has 70 valence electrons. The van der Waals surface area contributed by atoms with Crippen LogP contribution in [0.25, 0.3) is 0 Å². The Labute approximate surface area is 84.2 Å². The number of pyridine rings is 1. The van der Waals surface area contributed by atoms with E-state index in [1.165, 1.54) is 19.2 Å². The summed E-state index contributed by atoms with van der Waals surface area (Å²) in [5.41, 5.74) is 0.143. The molecule has 0 amide bonds. The first-order valence-corrected chi connectivity index (χ1v) is 3.98. The maximum Gasteiger partial charge on any atom is 0.338 e. The second-order valence-corrected chi connectivity index (χ2v) is 2.95. The lowest BCUT2D eigenvalue weighted by molar-refractivity contribution is -0.600. The van der Waals surface area contributed by atoms with Gasteiger partial charge in [0.2, 0.25) is 0 Å². The molecule has 1 aromatic rings. The van der Waals surface area contributed by atoms with E-state index in [1.807, 2.05) is 0 Å². The van der Waals surface area contributed by atoms with Crippen LogP contribution in [0.5, 0.6) is 0 Å². The van der Waals surface area contributed by atoms with Gasteiger partial charge in [-0.3, -0.25) is 0 Å². The molecule has 0 aliphatic carbocycles. The van der Waals surface area contributed by atoms with Gasteiger partial charge in [0, 0.05) is 12.1 Å². The van der Waals surface area contributed by atoms with Crippen LogP contribution in [0.1, 0.15) is 10.4 Å². The van der Waals surface area contributed by atoms with Crippen LogP contribution in [0.4, 0.5) is 0 Å². The Morgan fingerprint density at radius 1 is 1.46 bits per heavy atom. The van der Waals surface area contributed by atoms with E-state index in [-0.39, 0.29) is 15.9 Å². The molecule has 1 aromatic heterocycles. The molecule has 0 aliphatic rings. The number of hydrogen-bond acceptors (Lipinski definition) is 3. The summed E-state index contributed by atoms with van der Waals surface area (Å²) in [7, 11) is 1.22.